The van der Waals surface area contributed by atoms with E-state index in [0.717, 1.165) is 34.1 Å². The van der Waals surface area contributed by atoms with Crippen molar-refractivity contribution in [3.63, 3.8) is 0 Å². The Bertz CT molecular complexity index is 930. The largest absolute Gasteiger partial charge is 0.493 e. The number of nitrogens with one attached hydrogen (secondary N) is 1. The fraction of sp³-hybridized carbons (Fsp3) is 0.318. The Morgan fingerprint density at radius 2 is 2.00 bits per heavy atom. The zero-order valence-electron chi connectivity index (χ0n) is 16.7. The Kier molecular flexibility index (Phi) is 7.22. The van der Waals surface area contributed by atoms with Gasteiger partial charge in [0.15, 0.2) is 0 Å². The smallest absolute Gasteiger partial charge is 0.129 e. The van der Waals surface area contributed by atoms with Gasteiger partial charge in [0.05, 0.1) is 18.8 Å². The third-order valence-electron chi connectivity index (χ3n) is 4.56. The maximum atomic E-state index is 10.2. The summed E-state index contributed by atoms with van der Waals surface area (Å²) in [5.41, 5.74) is 3.86. The lowest BCUT2D eigenvalue weighted by Crippen LogP contribution is -2.12. The van der Waals surface area contributed by atoms with E-state index >= 15 is 0 Å². The van der Waals surface area contributed by atoms with Crippen LogP contribution in [-0.4, -0.2) is 34.6 Å². The molecule has 2 aromatic heterocycles. The van der Waals surface area contributed by atoms with E-state index in [0.29, 0.717) is 19.6 Å². The number of hydrogen-bond acceptors (Lipinski definition) is 7. The molecule has 0 amide bonds. The van der Waals surface area contributed by atoms with Gasteiger partial charge in [0.2, 0.25) is 0 Å². The van der Waals surface area contributed by atoms with E-state index in [-0.39, 0.29) is 12.5 Å². The zero-order valence-corrected chi connectivity index (χ0v) is 16.7. The summed E-state index contributed by atoms with van der Waals surface area (Å²) in [5.74, 6) is 1.80. The van der Waals surface area contributed by atoms with Crippen LogP contribution < -0.4 is 10.1 Å². The summed E-state index contributed by atoms with van der Waals surface area (Å²) in [5, 5.41) is 6.25. The van der Waals surface area contributed by atoms with Gasteiger partial charge in [-0.1, -0.05) is 30.3 Å². The van der Waals surface area contributed by atoms with Gasteiger partial charge in [-0.3, -0.25) is 4.98 Å². The highest BCUT2D eigenvalue weighted by Crippen LogP contribution is 2.27. The van der Waals surface area contributed by atoms with Crippen LogP contribution in [0.5, 0.6) is 5.75 Å². The molecule has 0 bridgehead atoms. The molecular formula is C22H25N5O2. The van der Waals surface area contributed by atoms with Crippen LogP contribution in [-0.2, 0) is 0 Å². The minimum Gasteiger partial charge on any atom is -0.493 e. The molecule has 0 saturated heterocycles. The molecule has 0 radical (unpaired) electrons. The Morgan fingerprint density at radius 3 is 2.79 bits per heavy atom. The molecule has 2 heterocycles. The highest BCUT2D eigenvalue weighted by atomic mass is 16.5. The van der Waals surface area contributed by atoms with Crippen molar-refractivity contribution in [3.05, 3.63) is 71.2 Å². The molecule has 0 fully saturated rings. The molecule has 0 saturated carbocycles. The fourth-order valence-corrected chi connectivity index (χ4v) is 2.93. The van der Waals surface area contributed by atoms with Gasteiger partial charge >= 0.3 is 0 Å². The van der Waals surface area contributed by atoms with Gasteiger partial charge in [-0.25, -0.2) is 9.97 Å². The molecule has 3 aromatic rings. The first kappa shape index (κ1) is 20.4. The Hall–Kier alpha value is -3.35. The molecule has 29 heavy (non-hydrogen) atoms. The Labute approximate surface area is 170 Å². The average molecular weight is 391 g/mol. The lowest BCUT2D eigenvalue weighted by atomic mass is 10.00. The van der Waals surface area contributed by atoms with Crippen molar-refractivity contribution in [1.29, 1.82) is 0 Å². The van der Waals surface area contributed by atoms with Gasteiger partial charge in [0.25, 0.3) is 0 Å². The monoisotopic (exact) mass is 391 g/mol. The van der Waals surface area contributed by atoms with Crippen LogP contribution in [0, 0.1) is 11.8 Å². The summed E-state index contributed by atoms with van der Waals surface area (Å²) >= 11 is 0. The molecular weight excluding hydrogens is 366 g/mol. The molecule has 7 nitrogen and oxygen atoms in total. The van der Waals surface area contributed by atoms with Crippen molar-refractivity contribution < 1.29 is 4.74 Å². The standard InChI is InChI=1S/C22H25N5O2/c1-16(19-6-3-4-7-21(19)29-11-5-10-27-28)13-24-22-12-20(25-15-26-22)18-9-8-17(2)23-14-18/h3-4,6-9,12,14-16H,5,10-11,13H2,1-2H3,(H,24,25,26). The van der Waals surface area contributed by atoms with E-state index in [2.05, 4.69) is 38.4 Å². The number of anilines is 1. The molecule has 0 aliphatic heterocycles. The van der Waals surface area contributed by atoms with E-state index in [4.69, 9.17) is 4.74 Å². The molecule has 3 rings (SSSR count). The number of benzene rings is 1. The van der Waals surface area contributed by atoms with E-state index < -0.39 is 0 Å². The minimum atomic E-state index is 0.204. The summed E-state index contributed by atoms with van der Waals surface area (Å²) in [6.45, 7) is 5.53. The Morgan fingerprint density at radius 1 is 1.14 bits per heavy atom. The Balaban J connectivity index is 1.64. The predicted molar refractivity (Wildman–Crippen MR) is 114 cm³/mol. The SMILES string of the molecule is Cc1ccc(-c2cc(NCC(C)c3ccccc3OCCCN=O)ncn2)cn1. The maximum Gasteiger partial charge on any atom is 0.129 e. The van der Waals surface area contributed by atoms with Gasteiger partial charge in [-0.2, -0.15) is 4.91 Å². The number of rotatable bonds is 10. The second kappa shape index (κ2) is 10.3. The van der Waals surface area contributed by atoms with Crippen molar-refractivity contribution in [2.45, 2.75) is 26.2 Å². The third kappa shape index (κ3) is 5.81. The highest BCUT2D eigenvalue weighted by molar-refractivity contribution is 5.61. The molecule has 0 aliphatic carbocycles. The number of nitroso groups, excluding NO2 is 1. The summed E-state index contributed by atoms with van der Waals surface area (Å²) in [7, 11) is 0. The summed E-state index contributed by atoms with van der Waals surface area (Å²) in [6.07, 6.45) is 3.99. The molecule has 0 spiro atoms. The van der Waals surface area contributed by atoms with Crippen molar-refractivity contribution in [2.75, 3.05) is 25.0 Å². The van der Waals surface area contributed by atoms with Crippen LogP contribution >= 0.6 is 0 Å². The van der Waals surface area contributed by atoms with Gasteiger partial charge in [-0.15, -0.1) is 0 Å². The number of para-hydroxylation sites is 1. The fourth-order valence-electron chi connectivity index (χ4n) is 2.93. The van der Waals surface area contributed by atoms with Gasteiger partial charge in [0, 0.05) is 42.4 Å². The second-order valence-corrected chi connectivity index (χ2v) is 6.85. The molecule has 1 atom stereocenters. The van der Waals surface area contributed by atoms with Crippen LogP contribution in [0.25, 0.3) is 11.3 Å². The number of aryl methyl sites for hydroxylation is 1. The topological polar surface area (TPSA) is 89.4 Å². The molecule has 1 unspecified atom stereocenters. The minimum absolute atomic E-state index is 0.204. The van der Waals surface area contributed by atoms with E-state index in [9.17, 15) is 4.91 Å². The quantitative estimate of drug-likeness (QED) is 0.401. The average Bonchev–Trinajstić information content (AvgIpc) is 2.76. The van der Waals surface area contributed by atoms with E-state index in [1.165, 1.54) is 0 Å². The predicted octanol–water partition coefficient (Wildman–Crippen LogP) is 4.60. The van der Waals surface area contributed by atoms with Crippen molar-refractivity contribution >= 4 is 5.82 Å². The summed E-state index contributed by atoms with van der Waals surface area (Å²) in [4.78, 5) is 23.2. The first-order chi connectivity index (χ1) is 14.2. The van der Waals surface area contributed by atoms with Crippen LogP contribution in [0.3, 0.4) is 0 Å². The molecule has 1 aromatic carbocycles. The van der Waals surface area contributed by atoms with Crippen molar-refractivity contribution in [3.8, 4) is 17.0 Å². The molecule has 0 aliphatic rings. The van der Waals surface area contributed by atoms with Crippen LogP contribution in [0.15, 0.2) is 60.2 Å². The number of ether oxygens (including phenoxy) is 1. The van der Waals surface area contributed by atoms with E-state index in [1.54, 1.807) is 6.33 Å². The van der Waals surface area contributed by atoms with Crippen LogP contribution in [0.2, 0.25) is 0 Å². The van der Waals surface area contributed by atoms with Crippen LogP contribution in [0.1, 0.15) is 30.5 Å². The first-order valence-corrected chi connectivity index (χ1v) is 9.67. The van der Waals surface area contributed by atoms with Gasteiger partial charge in [0.1, 0.15) is 17.9 Å². The lowest BCUT2D eigenvalue weighted by molar-refractivity contribution is 0.309. The van der Waals surface area contributed by atoms with Crippen LogP contribution in [0.4, 0.5) is 5.82 Å². The number of aromatic nitrogens is 3. The number of pyridine rings is 1. The van der Waals surface area contributed by atoms with Gasteiger partial charge in [-0.05, 0) is 30.7 Å². The molecule has 150 valence electrons. The zero-order chi connectivity index (χ0) is 20.5. The van der Waals surface area contributed by atoms with Crippen molar-refractivity contribution in [1.82, 2.24) is 15.0 Å². The third-order valence-corrected chi connectivity index (χ3v) is 4.56. The highest BCUT2D eigenvalue weighted by Gasteiger charge is 2.12. The van der Waals surface area contributed by atoms with Crippen molar-refractivity contribution in [2.24, 2.45) is 5.18 Å². The number of nitrogens with zero attached hydrogens (tertiary/aromatic N) is 4. The summed E-state index contributed by atoms with van der Waals surface area (Å²) < 4.78 is 5.84. The van der Waals surface area contributed by atoms with E-state index in [1.807, 2.05) is 49.5 Å². The second-order valence-electron chi connectivity index (χ2n) is 6.85. The lowest BCUT2D eigenvalue weighted by Gasteiger charge is -2.18. The first-order valence-electron chi connectivity index (χ1n) is 9.67. The number of hydrogen-bond donors (Lipinski definition) is 1. The molecule has 1 N–H and O–H groups in total. The molecule has 7 heteroatoms. The maximum absolute atomic E-state index is 10.2. The normalized spacial score (nSPS) is 11.7. The van der Waals surface area contributed by atoms with Gasteiger partial charge < -0.3 is 10.1 Å². The summed E-state index contributed by atoms with van der Waals surface area (Å²) in [6, 6.07) is 13.9.